The Morgan fingerprint density at radius 2 is 1.67 bits per heavy atom. The third kappa shape index (κ3) is 5.37. The van der Waals surface area contributed by atoms with Crippen LogP contribution in [0.1, 0.15) is 72.5 Å². The minimum absolute atomic E-state index is 0.136. The maximum absolute atomic E-state index is 13.2. The van der Waals surface area contributed by atoms with E-state index in [4.69, 9.17) is 4.74 Å². The topological polar surface area (TPSA) is 36.0 Å². The largest absolute Gasteiger partial charge is 0.497 e. The molecule has 5 heteroatoms. The first-order valence-corrected chi connectivity index (χ1v) is 13.8. The lowest BCUT2D eigenvalue weighted by atomic mass is 9.87. The van der Waals surface area contributed by atoms with Gasteiger partial charge in [0.15, 0.2) is 0 Å². The lowest BCUT2D eigenvalue weighted by molar-refractivity contribution is -0.0128. The summed E-state index contributed by atoms with van der Waals surface area (Å²) in [4.78, 5) is 20.6. The fourth-order valence-electron chi connectivity index (χ4n) is 6.58. The highest BCUT2D eigenvalue weighted by Crippen LogP contribution is 2.37. The Balaban J connectivity index is 1.43. The number of likely N-dealkylation sites (tertiary alicyclic amines) is 2. The van der Waals surface area contributed by atoms with Crippen LogP contribution in [0, 0.1) is 0 Å². The maximum Gasteiger partial charge on any atom is 0.253 e. The smallest absolute Gasteiger partial charge is 0.253 e. The van der Waals surface area contributed by atoms with E-state index in [1.807, 2.05) is 23.1 Å². The number of ether oxygens (including phenoxy) is 1. The first kappa shape index (κ1) is 25.0. The van der Waals surface area contributed by atoms with Gasteiger partial charge in [-0.2, -0.15) is 0 Å². The summed E-state index contributed by atoms with van der Waals surface area (Å²) in [6.07, 6.45) is 10.5. The number of fused-ring (bicyclic) bond motifs is 2. The quantitative estimate of drug-likeness (QED) is 0.482. The molecule has 3 saturated heterocycles. The van der Waals surface area contributed by atoms with Gasteiger partial charge in [0.2, 0.25) is 0 Å². The summed E-state index contributed by atoms with van der Waals surface area (Å²) >= 11 is 0. The van der Waals surface area contributed by atoms with E-state index in [1.54, 1.807) is 7.11 Å². The Morgan fingerprint density at radius 3 is 2.31 bits per heavy atom. The van der Waals surface area contributed by atoms with Crippen LogP contribution in [0.5, 0.6) is 5.75 Å². The second kappa shape index (κ2) is 11.6. The predicted molar refractivity (Wildman–Crippen MR) is 146 cm³/mol. The van der Waals surface area contributed by atoms with Crippen LogP contribution >= 0.6 is 0 Å². The number of hydrogen-bond acceptors (Lipinski definition) is 4. The second-order valence-electron chi connectivity index (χ2n) is 10.7. The van der Waals surface area contributed by atoms with Gasteiger partial charge in [-0.25, -0.2) is 0 Å². The van der Waals surface area contributed by atoms with Gasteiger partial charge in [-0.1, -0.05) is 49.6 Å². The van der Waals surface area contributed by atoms with E-state index >= 15 is 0 Å². The van der Waals surface area contributed by atoms with Gasteiger partial charge in [-0.15, -0.1) is 6.58 Å². The van der Waals surface area contributed by atoms with Gasteiger partial charge in [-0.3, -0.25) is 14.6 Å². The fraction of sp³-hybridized carbons (Fsp3) is 0.516. The van der Waals surface area contributed by atoms with Crippen molar-refractivity contribution in [2.45, 2.75) is 63.1 Å². The van der Waals surface area contributed by atoms with E-state index in [-0.39, 0.29) is 11.9 Å². The zero-order chi connectivity index (χ0) is 24.9. The second-order valence-corrected chi connectivity index (χ2v) is 10.7. The average molecular weight is 488 g/mol. The summed E-state index contributed by atoms with van der Waals surface area (Å²) in [6.45, 7) is 8.83. The molecule has 5 nitrogen and oxygen atoms in total. The minimum atomic E-state index is 0.136. The number of amides is 1. The average Bonchev–Trinajstić information content (AvgIpc) is 3.19. The number of benzene rings is 2. The Labute approximate surface area is 216 Å². The van der Waals surface area contributed by atoms with E-state index in [0.717, 1.165) is 56.9 Å². The van der Waals surface area contributed by atoms with Crippen molar-refractivity contribution >= 4 is 5.91 Å². The Bertz CT molecular complexity index is 1010. The first-order chi connectivity index (χ1) is 17.7. The van der Waals surface area contributed by atoms with E-state index in [9.17, 15) is 4.79 Å². The normalized spacial score (nSPS) is 24.1. The van der Waals surface area contributed by atoms with E-state index in [2.05, 4.69) is 52.8 Å². The van der Waals surface area contributed by atoms with Crippen molar-refractivity contribution in [1.82, 2.24) is 14.7 Å². The number of rotatable bonds is 7. The van der Waals surface area contributed by atoms with Crippen LogP contribution in [0.4, 0.5) is 0 Å². The van der Waals surface area contributed by atoms with Gasteiger partial charge in [0.25, 0.3) is 5.91 Å². The number of carbonyl (C=O) groups is 1. The van der Waals surface area contributed by atoms with Crippen molar-refractivity contribution in [3.05, 3.63) is 77.9 Å². The van der Waals surface area contributed by atoms with Crippen LogP contribution in [-0.4, -0.2) is 72.5 Å². The van der Waals surface area contributed by atoms with Crippen molar-refractivity contribution in [3.63, 3.8) is 0 Å². The van der Waals surface area contributed by atoms with Gasteiger partial charge in [0, 0.05) is 50.4 Å². The molecule has 3 aliphatic heterocycles. The van der Waals surface area contributed by atoms with Gasteiger partial charge in [0.1, 0.15) is 5.75 Å². The molecule has 0 aliphatic carbocycles. The molecule has 3 heterocycles. The Kier molecular flexibility index (Phi) is 8.08. The highest BCUT2D eigenvalue weighted by Gasteiger charge is 2.39. The lowest BCUT2D eigenvalue weighted by Crippen LogP contribution is -2.61. The molecule has 3 fully saturated rings. The fourth-order valence-corrected chi connectivity index (χ4v) is 6.58. The van der Waals surface area contributed by atoms with Crippen LogP contribution in [0.15, 0.2) is 61.2 Å². The minimum Gasteiger partial charge on any atom is -0.497 e. The highest BCUT2D eigenvalue weighted by atomic mass is 16.5. The number of piperidine rings is 1. The van der Waals surface area contributed by atoms with Crippen molar-refractivity contribution < 1.29 is 9.53 Å². The highest BCUT2D eigenvalue weighted by molar-refractivity contribution is 5.94. The summed E-state index contributed by atoms with van der Waals surface area (Å²) in [5.41, 5.74) is 3.29. The Morgan fingerprint density at radius 1 is 0.972 bits per heavy atom. The van der Waals surface area contributed by atoms with E-state index in [0.29, 0.717) is 12.1 Å². The molecule has 0 spiro atoms. The third-order valence-electron chi connectivity index (χ3n) is 8.38. The number of carbonyl (C=O) groups excluding carboxylic acids is 1. The molecular weight excluding hydrogens is 446 g/mol. The van der Waals surface area contributed by atoms with Crippen molar-refractivity contribution in [2.24, 2.45) is 0 Å². The predicted octanol–water partition coefficient (Wildman–Crippen LogP) is 5.53. The zero-order valence-corrected chi connectivity index (χ0v) is 21.8. The summed E-state index contributed by atoms with van der Waals surface area (Å²) in [7, 11) is 1.73. The summed E-state index contributed by atoms with van der Waals surface area (Å²) in [6, 6.07) is 18.2. The van der Waals surface area contributed by atoms with Crippen molar-refractivity contribution in [3.8, 4) is 5.75 Å². The van der Waals surface area contributed by atoms with E-state index in [1.165, 1.54) is 43.2 Å². The maximum atomic E-state index is 13.2. The molecule has 3 unspecified atom stereocenters. The number of nitrogens with zero attached hydrogens (tertiary/aromatic N) is 3. The molecule has 0 N–H and O–H groups in total. The lowest BCUT2D eigenvalue weighted by Gasteiger charge is -2.52. The molecule has 3 atom stereocenters. The van der Waals surface area contributed by atoms with Gasteiger partial charge in [0.05, 0.1) is 13.2 Å². The molecular formula is C31H41N3O2. The van der Waals surface area contributed by atoms with Gasteiger partial charge < -0.3 is 9.64 Å². The standard InChI is InChI=1S/C31H41N3O2/c1-3-18-34-27-11-9-12-28(34)23-33(22-27)30(26-10-8-13-29(21-26)36-2)24-14-16-25(17-15-24)31(35)32-19-6-4-5-7-20-32/h3,8,10,13-17,21,27-28,30H,1,4-7,9,11-12,18-20,22-23H2,2H3. The van der Waals surface area contributed by atoms with Gasteiger partial charge in [-0.05, 0) is 61.1 Å². The number of piperazine rings is 1. The summed E-state index contributed by atoms with van der Waals surface area (Å²) in [5.74, 6) is 1.06. The number of hydrogen-bond donors (Lipinski definition) is 0. The molecule has 0 saturated carbocycles. The molecule has 1 amide bonds. The molecule has 5 rings (SSSR count). The molecule has 0 radical (unpaired) electrons. The van der Waals surface area contributed by atoms with Crippen LogP contribution in [0.2, 0.25) is 0 Å². The molecule has 2 aromatic carbocycles. The van der Waals surface area contributed by atoms with Crippen LogP contribution in [0.3, 0.4) is 0 Å². The van der Waals surface area contributed by atoms with Crippen LogP contribution in [-0.2, 0) is 0 Å². The monoisotopic (exact) mass is 487 g/mol. The SMILES string of the molecule is C=CCN1C2CCCC1CN(C(c1ccc(C(=O)N3CCCCCC3)cc1)c1cccc(OC)c1)C2. The Hall–Kier alpha value is -2.63. The molecule has 192 valence electrons. The first-order valence-electron chi connectivity index (χ1n) is 13.8. The molecule has 3 aliphatic rings. The molecule has 36 heavy (non-hydrogen) atoms. The molecule has 2 aromatic rings. The zero-order valence-electron chi connectivity index (χ0n) is 21.8. The molecule has 0 aromatic heterocycles. The third-order valence-corrected chi connectivity index (χ3v) is 8.38. The van der Waals surface area contributed by atoms with Crippen LogP contribution < -0.4 is 4.74 Å². The summed E-state index contributed by atoms with van der Waals surface area (Å²) in [5, 5.41) is 0. The van der Waals surface area contributed by atoms with E-state index < -0.39 is 0 Å². The molecule has 2 bridgehead atoms. The number of methoxy groups -OCH3 is 1. The summed E-state index contributed by atoms with van der Waals surface area (Å²) < 4.78 is 5.59. The van der Waals surface area contributed by atoms with Crippen LogP contribution in [0.25, 0.3) is 0 Å². The van der Waals surface area contributed by atoms with Crippen molar-refractivity contribution in [2.75, 3.05) is 39.8 Å². The van der Waals surface area contributed by atoms with Gasteiger partial charge >= 0.3 is 0 Å². The van der Waals surface area contributed by atoms with Crippen molar-refractivity contribution in [1.29, 1.82) is 0 Å².